The first kappa shape index (κ1) is 14.4. The van der Waals surface area contributed by atoms with E-state index in [1.165, 1.54) is 0 Å². The second kappa shape index (κ2) is 6.28. The molecule has 0 heterocycles. The molecule has 0 aliphatic rings. The monoisotopic (exact) mass is 250 g/mol. The fourth-order valence-electron chi connectivity index (χ4n) is 1.60. The number of benzene rings is 1. The van der Waals surface area contributed by atoms with Crippen LogP contribution in [-0.2, 0) is 4.79 Å². The Hall–Kier alpha value is -1.71. The van der Waals surface area contributed by atoms with E-state index in [1.54, 1.807) is 19.0 Å². The number of carbonyl (C=O) groups excluding carboxylic acids is 1. The zero-order chi connectivity index (χ0) is 13.7. The van der Waals surface area contributed by atoms with Gasteiger partial charge in [0.05, 0.1) is 6.61 Å². The Labute approximate surface area is 109 Å². The maximum Gasteiger partial charge on any atom is 0.222 e. The Morgan fingerprint density at radius 2 is 1.94 bits per heavy atom. The smallest absolute Gasteiger partial charge is 0.222 e. The molecule has 0 saturated heterocycles. The molecule has 18 heavy (non-hydrogen) atoms. The molecule has 0 aromatic heterocycles. The summed E-state index contributed by atoms with van der Waals surface area (Å²) < 4.78 is 5.68. The number of amides is 1. The molecule has 1 aromatic carbocycles. The highest BCUT2D eigenvalue weighted by atomic mass is 16.5. The molecule has 0 radical (unpaired) electrons. The lowest BCUT2D eigenvalue weighted by Gasteiger charge is -2.13. The van der Waals surface area contributed by atoms with Gasteiger partial charge in [0.15, 0.2) is 0 Å². The van der Waals surface area contributed by atoms with E-state index in [0.717, 1.165) is 29.0 Å². The van der Waals surface area contributed by atoms with Crippen molar-refractivity contribution in [3.63, 3.8) is 0 Å². The molecule has 0 saturated carbocycles. The Morgan fingerprint density at radius 3 is 2.56 bits per heavy atom. The molecule has 1 rings (SSSR count). The lowest BCUT2D eigenvalue weighted by Crippen LogP contribution is -2.21. The number of rotatable bonds is 5. The van der Waals surface area contributed by atoms with E-state index >= 15 is 0 Å². The van der Waals surface area contributed by atoms with E-state index in [-0.39, 0.29) is 5.91 Å². The summed E-state index contributed by atoms with van der Waals surface area (Å²) in [6, 6.07) is 3.86. The van der Waals surface area contributed by atoms with Crippen molar-refractivity contribution in [1.82, 2.24) is 4.90 Å². The average Bonchev–Trinajstić information content (AvgIpc) is 2.30. The fourth-order valence-corrected chi connectivity index (χ4v) is 1.60. The van der Waals surface area contributed by atoms with Crippen molar-refractivity contribution in [3.05, 3.63) is 23.3 Å². The zero-order valence-electron chi connectivity index (χ0n) is 11.6. The summed E-state index contributed by atoms with van der Waals surface area (Å²) in [5.41, 5.74) is 8.63. The van der Waals surface area contributed by atoms with Crippen LogP contribution in [0, 0.1) is 13.8 Å². The van der Waals surface area contributed by atoms with E-state index in [4.69, 9.17) is 10.5 Å². The van der Waals surface area contributed by atoms with Gasteiger partial charge in [0, 0.05) is 26.2 Å². The molecule has 0 bridgehead atoms. The number of ether oxygens (including phenoxy) is 1. The third-order valence-corrected chi connectivity index (χ3v) is 2.85. The van der Waals surface area contributed by atoms with Crippen LogP contribution < -0.4 is 10.5 Å². The first-order valence-electron chi connectivity index (χ1n) is 6.11. The van der Waals surface area contributed by atoms with Gasteiger partial charge >= 0.3 is 0 Å². The Balaban J connectivity index is 2.45. The molecule has 1 amide bonds. The number of aryl methyl sites for hydroxylation is 2. The van der Waals surface area contributed by atoms with Gasteiger partial charge in [0.1, 0.15) is 5.75 Å². The second-order valence-electron chi connectivity index (χ2n) is 4.71. The van der Waals surface area contributed by atoms with Gasteiger partial charge in [0.2, 0.25) is 5.91 Å². The molecule has 4 heteroatoms. The fraction of sp³-hybridized carbons (Fsp3) is 0.500. The van der Waals surface area contributed by atoms with Crippen molar-refractivity contribution in [1.29, 1.82) is 0 Å². The minimum Gasteiger partial charge on any atom is -0.493 e. The third kappa shape index (κ3) is 3.95. The first-order chi connectivity index (χ1) is 8.41. The topological polar surface area (TPSA) is 55.6 Å². The number of hydrogen-bond acceptors (Lipinski definition) is 3. The van der Waals surface area contributed by atoms with Gasteiger partial charge in [0.25, 0.3) is 0 Å². The van der Waals surface area contributed by atoms with Gasteiger partial charge in [-0.1, -0.05) is 0 Å². The van der Waals surface area contributed by atoms with Gasteiger partial charge in [-0.15, -0.1) is 0 Å². The van der Waals surface area contributed by atoms with Crippen molar-refractivity contribution >= 4 is 11.6 Å². The Bertz CT molecular complexity index is 428. The van der Waals surface area contributed by atoms with Crippen LogP contribution in [0.5, 0.6) is 5.75 Å². The molecule has 4 nitrogen and oxygen atoms in total. The summed E-state index contributed by atoms with van der Waals surface area (Å²) in [6.45, 7) is 4.47. The number of nitrogen functional groups attached to an aromatic ring is 1. The summed E-state index contributed by atoms with van der Waals surface area (Å²) in [4.78, 5) is 13.0. The van der Waals surface area contributed by atoms with Crippen LogP contribution in [0.25, 0.3) is 0 Å². The number of anilines is 1. The summed E-state index contributed by atoms with van der Waals surface area (Å²) in [7, 11) is 3.52. The average molecular weight is 250 g/mol. The third-order valence-electron chi connectivity index (χ3n) is 2.85. The van der Waals surface area contributed by atoms with Crippen LogP contribution in [0.1, 0.15) is 24.0 Å². The van der Waals surface area contributed by atoms with Crippen LogP contribution in [0.15, 0.2) is 12.1 Å². The standard InChI is InChI=1S/C14H22N2O2/c1-10-9-13(11(2)8-12(10)15)18-7-5-6-14(17)16(3)4/h8-9H,5-7,15H2,1-4H3. The van der Waals surface area contributed by atoms with Crippen molar-refractivity contribution in [2.75, 3.05) is 26.4 Å². The van der Waals surface area contributed by atoms with Crippen LogP contribution in [0.4, 0.5) is 5.69 Å². The molecule has 2 N–H and O–H groups in total. The molecule has 0 aliphatic heterocycles. The summed E-state index contributed by atoms with van der Waals surface area (Å²) in [6.07, 6.45) is 1.24. The lowest BCUT2D eigenvalue weighted by molar-refractivity contribution is -0.128. The number of nitrogens with zero attached hydrogens (tertiary/aromatic N) is 1. The van der Waals surface area contributed by atoms with Crippen molar-refractivity contribution in [3.8, 4) is 5.75 Å². The van der Waals surface area contributed by atoms with Crippen LogP contribution in [0.2, 0.25) is 0 Å². The normalized spacial score (nSPS) is 10.2. The highest BCUT2D eigenvalue weighted by Crippen LogP contribution is 2.24. The maximum atomic E-state index is 11.4. The first-order valence-corrected chi connectivity index (χ1v) is 6.11. The van der Waals surface area contributed by atoms with Crippen LogP contribution in [-0.4, -0.2) is 31.5 Å². The molecule has 1 aromatic rings. The quantitative estimate of drug-likeness (QED) is 0.643. The summed E-state index contributed by atoms with van der Waals surface area (Å²) >= 11 is 0. The van der Waals surface area contributed by atoms with Crippen LogP contribution in [0.3, 0.4) is 0 Å². The molecule has 0 fully saturated rings. The Morgan fingerprint density at radius 1 is 1.28 bits per heavy atom. The van der Waals surface area contributed by atoms with E-state index in [2.05, 4.69) is 0 Å². The summed E-state index contributed by atoms with van der Waals surface area (Å²) in [5.74, 6) is 0.975. The predicted molar refractivity (Wildman–Crippen MR) is 73.8 cm³/mol. The van der Waals surface area contributed by atoms with Gasteiger partial charge in [-0.05, 0) is 43.5 Å². The van der Waals surface area contributed by atoms with Crippen molar-refractivity contribution in [2.24, 2.45) is 0 Å². The number of nitrogens with two attached hydrogens (primary N) is 1. The lowest BCUT2D eigenvalue weighted by atomic mass is 10.1. The minimum atomic E-state index is 0.129. The van der Waals surface area contributed by atoms with Crippen LogP contribution >= 0.6 is 0 Å². The summed E-state index contributed by atoms with van der Waals surface area (Å²) in [5, 5.41) is 0. The van der Waals surface area contributed by atoms with E-state index in [0.29, 0.717) is 13.0 Å². The van der Waals surface area contributed by atoms with E-state index < -0.39 is 0 Å². The van der Waals surface area contributed by atoms with E-state index in [1.807, 2.05) is 26.0 Å². The second-order valence-corrected chi connectivity index (χ2v) is 4.71. The molecule has 0 unspecified atom stereocenters. The van der Waals surface area contributed by atoms with Gasteiger partial charge < -0.3 is 15.4 Å². The Kier molecular flexibility index (Phi) is 5.01. The molecular weight excluding hydrogens is 228 g/mol. The maximum absolute atomic E-state index is 11.4. The largest absolute Gasteiger partial charge is 0.493 e. The highest BCUT2D eigenvalue weighted by molar-refractivity contribution is 5.75. The molecule has 0 aliphatic carbocycles. The number of hydrogen-bond donors (Lipinski definition) is 1. The predicted octanol–water partition coefficient (Wildman–Crippen LogP) is 2.13. The minimum absolute atomic E-state index is 0.129. The van der Waals surface area contributed by atoms with Crippen molar-refractivity contribution < 1.29 is 9.53 Å². The van der Waals surface area contributed by atoms with Crippen molar-refractivity contribution in [2.45, 2.75) is 26.7 Å². The zero-order valence-corrected chi connectivity index (χ0v) is 11.6. The molecule has 0 spiro atoms. The van der Waals surface area contributed by atoms with Gasteiger partial charge in [-0.2, -0.15) is 0 Å². The molecule has 0 atom stereocenters. The van der Waals surface area contributed by atoms with Gasteiger partial charge in [-0.25, -0.2) is 0 Å². The molecule has 100 valence electrons. The SMILES string of the molecule is Cc1cc(OCCCC(=O)N(C)C)c(C)cc1N. The number of carbonyl (C=O) groups is 1. The van der Waals surface area contributed by atoms with Gasteiger partial charge in [-0.3, -0.25) is 4.79 Å². The van der Waals surface area contributed by atoms with E-state index in [9.17, 15) is 4.79 Å². The highest BCUT2D eigenvalue weighted by Gasteiger charge is 2.05. The molecular formula is C14H22N2O2.